The fourth-order valence-electron chi connectivity index (χ4n) is 1.99. The van der Waals surface area contributed by atoms with E-state index < -0.39 is 6.04 Å². The van der Waals surface area contributed by atoms with Crippen molar-refractivity contribution in [2.75, 3.05) is 19.0 Å². The maximum Gasteiger partial charge on any atom is 0.247 e. The maximum atomic E-state index is 12.3. The Hall–Kier alpha value is -2.24. The third-order valence-corrected chi connectivity index (χ3v) is 3.04. The molecule has 6 nitrogen and oxygen atoms in total. The molecule has 6 heteroatoms. The molecule has 0 aliphatic rings. The lowest BCUT2D eigenvalue weighted by molar-refractivity contribution is -0.126. The highest BCUT2D eigenvalue weighted by Crippen LogP contribution is 2.30. The average Bonchev–Trinajstić information content (AvgIpc) is 2.45. The van der Waals surface area contributed by atoms with Crippen LogP contribution in [0.2, 0.25) is 0 Å². The molecule has 0 saturated carbocycles. The van der Waals surface area contributed by atoms with Gasteiger partial charge in [0.05, 0.1) is 13.7 Å². The van der Waals surface area contributed by atoms with Crippen molar-refractivity contribution < 1.29 is 19.1 Å². The fourth-order valence-corrected chi connectivity index (χ4v) is 1.99. The quantitative estimate of drug-likeness (QED) is 0.809. The van der Waals surface area contributed by atoms with Gasteiger partial charge in [-0.2, -0.15) is 0 Å². The predicted octanol–water partition coefficient (Wildman–Crippen LogP) is 2.19. The number of benzene rings is 1. The molecule has 0 aliphatic carbocycles. The topological polar surface area (TPSA) is 76.7 Å². The fraction of sp³-hybridized carbons (Fsp3) is 0.500. The van der Waals surface area contributed by atoms with Crippen LogP contribution in [0.15, 0.2) is 18.2 Å². The van der Waals surface area contributed by atoms with Gasteiger partial charge in [0.15, 0.2) is 11.5 Å². The van der Waals surface area contributed by atoms with Gasteiger partial charge < -0.3 is 20.1 Å². The van der Waals surface area contributed by atoms with Gasteiger partial charge in [-0.1, -0.05) is 13.8 Å². The summed E-state index contributed by atoms with van der Waals surface area (Å²) in [7, 11) is 1.54. The van der Waals surface area contributed by atoms with E-state index in [1.54, 1.807) is 18.2 Å². The van der Waals surface area contributed by atoms with Crippen molar-refractivity contribution >= 4 is 17.5 Å². The van der Waals surface area contributed by atoms with Gasteiger partial charge in [-0.3, -0.25) is 9.59 Å². The smallest absolute Gasteiger partial charge is 0.247 e. The molecule has 0 heterocycles. The number of ether oxygens (including phenoxy) is 2. The normalized spacial score (nSPS) is 11.7. The van der Waals surface area contributed by atoms with Crippen LogP contribution in [0.25, 0.3) is 0 Å². The molecule has 0 aromatic heterocycles. The Morgan fingerprint density at radius 1 is 1.23 bits per heavy atom. The van der Waals surface area contributed by atoms with Gasteiger partial charge >= 0.3 is 0 Å². The summed E-state index contributed by atoms with van der Waals surface area (Å²) in [4.78, 5) is 23.5. The van der Waals surface area contributed by atoms with Gasteiger partial charge in [0.1, 0.15) is 6.04 Å². The maximum absolute atomic E-state index is 12.3. The third-order valence-electron chi connectivity index (χ3n) is 3.04. The van der Waals surface area contributed by atoms with Crippen LogP contribution in [0.4, 0.5) is 5.69 Å². The van der Waals surface area contributed by atoms with E-state index in [1.807, 2.05) is 20.8 Å². The molecule has 1 atom stereocenters. The highest BCUT2D eigenvalue weighted by atomic mass is 16.5. The molecular weight excluding hydrogens is 284 g/mol. The lowest BCUT2D eigenvalue weighted by Crippen LogP contribution is -2.46. The van der Waals surface area contributed by atoms with Gasteiger partial charge in [0, 0.05) is 18.7 Å². The summed E-state index contributed by atoms with van der Waals surface area (Å²) < 4.78 is 10.7. The second-order valence-corrected chi connectivity index (χ2v) is 5.21. The SMILES string of the molecule is CCOc1ccc(NC(=O)[C@@H](NC(C)=O)C(C)C)cc1OC. The summed E-state index contributed by atoms with van der Waals surface area (Å²) in [5, 5.41) is 5.44. The summed E-state index contributed by atoms with van der Waals surface area (Å²) in [5.74, 6) is 0.633. The second-order valence-electron chi connectivity index (χ2n) is 5.21. The zero-order valence-electron chi connectivity index (χ0n) is 13.7. The van der Waals surface area contributed by atoms with Crippen molar-refractivity contribution in [3.8, 4) is 11.5 Å². The molecule has 22 heavy (non-hydrogen) atoms. The minimum atomic E-state index is -0.588. The van der Waals surface area contributed by atoms with E-state index in [-0.39, 0.29) is 17.7 Å². The number of carbonyl (C=O) groups excluding carboxylic acids is 2. The summed E-state index contributed by atoms with van der Waals surface area (Å²) in [6.45, 7) is 7.55. The predicted molar refractivity (Wildman–Crippen MR) is 85.2 cm³/mol. The van der Waals surface area contributed by atoms with Gasteiger partial charge in [0.25, 0.3) is 0 Å². The Labute approximate surface area is 131 Å². The summed E-state index contributed by atoms with van der Waals surface area (Å²) in [6, 6.07) is 4.57. The number of carbonyl (C=O) groups is 2. The monoisotopic (exact) mass is 308 g/mol. The second kappa shape index (κ2) is 8.26. The molecule has 0 aliphatic heterocycles. The van der Waals surface area contributed by atoms with Gasteiger partial charge in [-0.05, 0) is 25.0 Å². The molecule has 1 aromatic rings. The van der Waals surface area contributed by atoms with Crippen LogP contribution in [0.3, 0.4) is 0 Å². The Kier molecular flexibility index (Phi) is 6.69. The zero-order valence-corrected chi connectivity index (χ0v) is 13.7. The van der Waals surface area contributed by atoms with E-state index in [0.29, 0.717) is 23.8 Å². The average molecular weight is 308 g/mol. The minimum Gasteiger partial charge on any atom is -0.493 e. The zero-order chi connectivity index (χ0) is 16.7. The van der Waals surface area contributed by atoms with Crippen molar-refractivity contribution in [1.82, 2.24) is 5.32 Å². The Bertz CT molecular complexity index is 529. The number of amides is 2. The third kappa shape index (κ3) is 4.95. The van der Waals surface area contributed by atoms with Crippen molar-refractivity contribution in [1.29, 1.82) is 0 Å². The first-order valence-electron chi connectivity index (χ1n) is 7.27. The lowest BCUT2D eigenvalue weighted by Gasteiger charge is -2.21. The van der Waals surface area contributed by atoms with Crippen molar-refractivity contribution in [3.63, 3.8) is 0 Å². The van der Waals surface area contributed by atoms with E-state index in [1.165, 1.54) is 14.0 Å². The molecule has 0 spiro atoms. The molecule has 2 amide bonds. The van der Waals surface area contributed by atoms with Crippen LogP contribution in [0.1, 0.15) is 27.7 Å². The molecule has 0 saturated heterocycles. The number of anilines is 1. The summed E-state index contributed by atoms with van der Waals surface area (Å²) >= 11 is 0. The van der Waals surface area contributed by atoms with Crippen LogP contribution in [0, 0.1) is 5.92 Å². The molecule has 0 fully saturated rings. The molecular formula is C16H24N2O4. The number of hydrogen-bond donors (Lipinski definition) is 2. The largest absolute Gasteiger partial charge is 0.493 e. The van der Waals surface area contributed by atoms with Crippen molar-refractivity contribution in [2.45, 2.75) is 33.7 Å². The summed E-state index contributed by atoms with van der Waals surface area (Å²) in [6.07, 6.45) is 0. The van der Waals surface area contributed by atoms with Gasteiger partial charge in [0.2, 0.25) is 11.8 Å². The molecule has 2 N–H and O–H groups in total. The molecule has 0 bridgehead atoms. The van der Waals surface area contributed by atoms with Gasteiger partial charge in [-0.15, -0.1) is 0 Å². The first kappa shape index (κ1) is 17.8. The van der Waals surface area contributed by atoms with E-state index in [9.17, 15) is 9.59 Å². The Morgan fingerprint density at radius 3 is 2.41 bits per heavy atom. The van der Waals surface area contributed by atoms with Crippen LogP contribution in [-0.4, -0.2) is 31.6 Å². The van der Waals surface area contributed by atoms with Crippen LogP contribution < -0.4 is 20.1 Å². The van der Waals surface area contributed by atoms with Crippen LogP contribution in [0.5, 0.6) is 11.5 Å². The van der Waals surface area contributed by atoms with E-state index >= 15 is 0 Å². The van der Waals surface area contributed by atoms with Crippen molar-refractivity contribution in [3.05, 3.63) is 18.2 Å². The first-order chi connectivity index (χ1) is 10.4. The van der Waals surface area contributed by atoms with Gasteiger partial charge in [-0.25, -0.2) is 0 Å². The number of methoxy groups -OCH3 is 1. The first-order valence-corrected chi connectivity index (χ1v) is 7.27. The van der Waals surface area contributed by atoms with E-state index in [2.05, 4.69) is 10.6 Å². The molecule has 1 rings (SSSR count). The molecule has 1 aromatic carbocycles. The highest BCUT2D eigenvalue weighted by molar-refractivity contribution is 5.97. The lowest BCUT2D eigenvalue weighted by atomic mass is 10.0. The van der Waals surface area contributed by atoms with Crippen molar-refractivity contribution in [2.24, 2.45) is 5.92 Å². The molecule has 0 unspecified atom stereocenters. The van der Waals surface area contributed by atoms with E-state index in [4.69, 9.17) is 9.47 Å². The van der Waals surface area contributed by atoms with Crippen LogP contribution >= 0.6 is 0 Å². The number of nitrogens with one attached hydrogen (secondary N) is 2. The standard InChI is InChI=1S/C16H24N2O4/c1-6-22-13-8-7-12(9-14(13)21-5)18-16(20)15(10(2)3)17-11(4)19/h7-10,15H,6H2,1-5H3,(H,17,19)(H,18,20)/t15-/m0/s1. The number of rotatable bonds is 7. The number of hydrogen-bond acceptors (Lipinski definition) is 4. The Balaban J connectivity index is 2.88. The molecule has 122 valence electrons. The highest BCUT2D eigenvalue weighted by Gasteiger charge is 2.23. The minimum absolute atomic E-state index is 0.0199. The molecule has 0 radical (unpaired) electrons. The van der Waals surface area contributed by atoms with E-state index in [0.717, 1.165) is 0 Å². The summed E-state index contributed by atoms with van der Waals surface area (Å²) in [5.41, 5.74) is 0.585. The Morgan fingerprint density at radius 2 is 1.91 bits per heavy atom. The van der Waals surface area contributed by atoms with Crippen LogP contribution in [-0.2, 0) is 9.59 Å².